The summed E-state index contributed by atoms with van der Waals surface area (Å²) in [7, 11) is -1.69. The normalized spacial score (nSPS) is 25.3. The maximum Gasteiger partial charge on any atom is 0.244 e. The molecule has 102 valence electrons. The Morgan fingerprint density at radius 3 is 2.44 bits per heavy atom. The van der Waals surface area contributed by atoms with Crippen molar-refractivity contribution in [1.29, 1.82) is 0 Å². The highest BCUT2D eigenvalue weighted by Gasteiger charge is 2.26. The van der Waals surface area contributed by atoms with E-state index >= 15 is 0 Å². The molecule has 18 heavy (non-hydrogen) atoms. The van der Waals surface area contributed by atoms with Crippen LogP contribution in [0.1, 0.15) is 38.3 Å². The second-order valence-corrected chi connectivity index (χ2v) is 7.01. The maximum atomic E-state index is 12.3. The minimum atomic E-state index is -3.42. The second kappa shape index (κ2) is 5.01. The molecule has 5 nitrogen and oxygen atoms in total. The van der Waals surface area contributed by atoms with Crippen LogP contribution in [-0.2, 0) is 17.1 Å². The van der Waals surface area contributed by atoms with E-state index in [9.17, 15) is 8.42 Å². The SMILES string of the molecule is Cc1nn(C)cc1S(=O)(=O)NC1CCC(C)CC1. The Morgan fingerprint density at radius 1 is 1.33 bits per heavy atom. The van der Waals surface area contributed by atoms with Crippen LogP contribution in [-0.4, -0.2) is 24.2 Å². The predicted molar refractivity (Wildman–Crippen MR) is 69.7 cm³/mol. The van der Waals surface area contributed by atoms with Gasteiger partial charge in [0.15, 0.2) is 0 Å². The van der Waals surface area contributed by atoms with Crippen molar-refractivity contribution in [2.75, 3.05) is 0 Å². The van der Waals surface area contributed by atoms with Crippen molar-refractivity contribution in [2.45, 2.75) is 50.5 Å². The molecule has 0 bridgehead atoms. The Hall–Kier alpha value is -0.880. The first-order chi connectivity index (χ1) is 8.38. The Kier molecular flexibility index (Phi) is 3.77. The molecule has 0 unspecified atom stereocenters. The van der Waals surface area contributed by atoms with Crippen molar-refractivity contribution >= 4 is 10.0 Å². The number of aryl methyl sites for hydroxylation is 2. The molecule has 0 atom stereocenters. The summed E-state index contributed by atoms with van der Waals surface area (Å²) < 4.78 is 28.8. The second-order valence-electron chi connectivity index (χ2n) is 5.33. The van der Waals surface area contributed by atoms with E-state index in [-0.39, 0.29) is 6.04 Å². The van der Waals surface area contributed by atoms with E-state index in [1.54, 1.807) is 20.2 Å². The van der Waals surface area contributed by atoms with Crippen molar-refractivity contribution in [3.8, 4) is 0 Å². The number of nitrogens with one attached hydrogen (secondary N) is 1. The summed E-state index contributed by atoms with van der Waals surface area (Å²) in [6.07, 6.45) is 5.61. The Morgan fingerprint density at radius 2 is 1.94 bits per heavy atom. The van der Waals surface area contributed by atoms with E-state index in [0.717, 1.165) is 25.7 Å². The quantitative estimate of drug-likeness (QED) is 0.908. The number of hydrogen-bond donors (Lipinski definition) is 1. The molecule has 0 spiro atoms. The molecular weight excluding hydrogens is 250 g/mol. The van der Waals surface area contributed by atoms with Gasteiger partial charge in [0.2, 0.25) is 10.0 Å². The molecule has 0 aromatic carbocycles. The summed E-state index contributed by atoms with van der Waals surface area (Å²) in [5, 5.41) is 4.08. The lowest BCUT2D eigenvalue weighted by atomic mass is 9.88. The average Bonchev–Trinajstić information content (AvgIpc) is 2.62. The van der Waals surface area contributed by atoms with Gasteiger partial charge in [-0.05, 0) is 38.5 Å². The highest BCUT2D eigenvalue weighted by molar-refractivity contribution is 7.89. The van der Waals surface area contributed by atoms with Gasteiger partial charge < -0.3 is 0 Å². The van der Waals surface area contributed by atoms with Crippen LogP contribution in [0.5, 0.6) is 0 Å². The summed E-state index contributed by atoms with van der Waals surface area (Å²) in [5.41, 5.74) is 0.550. The molecule has 1 aromatic rings. The fourth-order valence-electron chi connectivity index (χ4n) is 2.50. The van der Waals surface area contributed by atoms with Crippen LogP contribution in [0.15, 0.2) is 11.1 Å². The first kappa shape index (κ1) is 13.5. The van der Waals surface area contributed by atoms with Crippen molar-refractivity contribution < 1.29 is 8.42 Å². The summed E-state index contributed by atoms with van der Waals surface area (Å²) in [5.74, 6) is 0.714. The van der Waals surface area contributed by atoms with Crippen molar-refractivity contribution in [2.24, 2.45) is 13.0 Å². The summed E-state index contributed by atoms with van der Waals surface area (Å²) in [4.78, 5) is 0.295. The van der Waals surface area contributed by atoms with Crippen LogP contribution in [0.3, 0.4) is 0 Å². The number of sulfonamides is 1. The van der Waals surface area contributed by atoms with E-state index < -0.39 is 10.0 Å². The molecule has 1 heterocycles. The van der Waals surface area contributed by atoms with E-state index in [0.29, 0.717) is 16.5 Å². The van der Waals surface area contributed by atoms with Gasteiger partial charge in [0.1, 0.15) is 4.90 Å². The van der Waals surface area contributed by atoms with Crippen molar-refractivity contribution in [3.05, 3.63) is 11.9 Å². The van der Waals surface area contributed by atoms with Crippen LogP contribution in [0.25, 0.3) is 0 Å². The fourth-order valence-corrected chi connectivity index (χ4v) is 4.03. The number of hydrogen-bond acceptors (Lipinski definition) is 3. The van der Waals surface area contributed by atoms with Gasteiger partial charge in [0, 0.05) is 19.3 Å². The molecule has 0 amide bonds. The third-order valence-electron chi connectivity index (χ3n) is 3.60. The molecular formula is C12H21N3O2S. The molecule has 1 fully saturated rings. The first-order valence-corrected chi connectivity index (χ1v) is 7.89. The van der Waals surface area contributed by atoms with E-state index in [2.05, 4.69) is 16.7 Å². The molecule has 1 aliphatic rings. The predicted octanol–water partition coefficient (Wildman–Crippen LogP) is 1.59. The van der Waals surface area contributed by atoms with Gasteiger partial charge in [-0.25, -0.2) is 13.1 Å². The minimum absolute atomic E-state index is 0.0748. The zero-order valence-corrected chi connectivity index (χ0v) is 12.0. The molecule has 1 saturated carbocycles. The molecule has 1 N–H and O–H groups in total. The number of rotatable bonds is 3. The van der Waals surface area contributed by atoms with Crippen LogP contribution in [0, 0.1) is 12.8 Å². The fraction of sp³-hybridized carbons (Fsp3) is 0.750. The maximum absolute atomic E-state index is 12.3. The van der Waals surface area contributed by atoms with E-state index in [4.69, 9.17) is 0 Å². The van der Waals surface area contributed by atoms with Gasteiger partial charge in [-0.2, -0.15) is 5.10 Å². The number of nitrogens with zero attached hydrogens (tertiary/aromatic N) is 2. The third kappa shape index (κ3) is 2.92. The minimum Gasteiger partial charge on any atom is -0.274 e. The van der Waals surface area contributed by atoms with Crippen molar-refractivity contribution in [1.82, 2.24) is 14.5 Å². The lowest BCUT2D eigenvalue weighted by molar-refractivity contribution is 0.332. The molecule has 1 aromatic heterocycles. The van der Waals surface area contributed by atoms with Gasteiger partial charge in [0.25, 0.3) is 0 Å². The van der Waals surface area contributed by atoms with Crippen molar-refractivity contribution in [3.63, 3.8) is 0 Å². The van der Waals surface area contributed by atoms with Crippen LogP contribution < -0.4 is 4.72 Å². The van der Waals surface area contributed by atoms with Gasteiger partial charge >= 0.3 is 0 Å². The average molecular weight is 271 g/mol. The van der Waals surface area contributed by atoms with E-state index in [1.165, 1.54) is 4.68 Å². The van der Waals surface area contributed by atoms with Crippen LogP contribution in [0.4, 0.5) is 0 Å². The molecule has 6 heteroatoms. The monoisotopic (exact) mass is 271 g/mol. The van der Waals surface area contributed by atoms with Gasteiger partial charge in [0.05, 0.1) is 5.69 Å². The first-order valence-electron chi connectivity index (χ1n) is 6.41. The molecule has 1 aliphatic carbocycles. The Bertz CT molecular complexity index is 513. The Labute approximate surface area is 109 Å². The molecule has 0 radical (unpaired) electrons. The largest absolute Gasteiger partial charge is 0.274 e. The van der Waals surface area contributed by atoms with Gasteiger partial charge in [-0.3, -0.25) is 4.68 Å². The van der Waals surface area contributed by atoms with Gasteiger partial charge in [-0.15, -0.1) is 0 Å². The topological polar surface area (TPSA) is 64.0 Å². The third-order valence-corrected chi connectivity index (χ3v) is 5.22. The van der Waals surface area contributed by atoms with Crippen LogP contribution in [0.2, 0.25) is 0 Å². The zero-order chi connectivity index (χ0) is 13.3. The highest BCUT2D eigenvalue weighted by atomic mass is 32.2. The zero-order valence-electron chi connectivity index (χ0n) is 11.2. The summed E-state index contributed by atoms with van der Waals surface area (Å²) in [6.45, 7) is 3.94. The Balaban J connectivity index is 2.10. The molecule has 0 saturated heterocycles. The van der Waals surface area contributed by atoms with E-state index in [1.807, 2.05) is 0 Å². The standard InChI is InChI=1S/C12H21N3O2S/c1-9-4-6-11(7-5-9)14-18(16,17)12-8-15(3)13-10(12)2/h8-9,11,14H,4-7H2,1-3H3. The lowest BCUT2D eigenvalue weighted by Crippen LogP contribution is -2.37. The molecule has 2 rings (SSSR count). The summed E-state index contributed by atoms with van der Waals surface area (Å²) >= 11 is 0. The smallest absolute Gasteiger partial charge is 0.244 e. The van der Waals surface area contributed by atoms with Crippen LogP contribution >= 0.6 is 0 Å². The number of aromatic nitrogens is 2. The highest BCUT2D eigenvalue weighted by Crippen LogP contribution is 2.25. The van der Waals surface area contributed by atoms with Gasteiger partial charge in [-0.1, -0.05) is 6.92 Å². The summed E-state index contributed by atoms with van der Waals surface area (Å²) in [6, 6.07) is 0.0748. The molecule has 0 aliphatic heterocycles. The lowest BCUT2D eigenvalue weighted by Gasteiger charge is -2.26.